The first-order valence-electron chi connectivity index (χ1n) is 9.42. The summed E-state index contributed by atoms with van der Waals surface area (Å²) < 4.78 is 5.39. The molecule has 2 fully saturated rings. The fourth-order valence-electron chi connectivity index (χ4n) is 3.61. The average molecular weight is 382 g/mol. The Bertz CT molecular complexity index is 852. The molecule has 4 rings (SSSR count). The second-order valence-electron chi connectivity index (χ2n) is 6.95. The molecule has 2 saturated heterocycles. The molecule has 2 aliphatic heterocycles. The lowest BCUT2D eigenvalue weighted by atomic mass is 10.1. The molecule has 1 N–H and O–H groups in total. The summed E-state index contributed by atoms with van der Waals surface area (Å²) in [5, 5.41) is 9.02. The maximum absolute atomic E-state index is 12.6. The van der Waals surface area contributed by atoms with E-state index in [4.69, 9.17) is 9.84 Å². The molecule has 0 bridgehead atoms. The number of aliphatic carboxylic acids is 1. The predicted octanol–water partition coefficient (Wildman–Crippen LogP) is 1.42. The monoisotopic (exact) mass is 382 g/mol. The molecule has 0 saturated carbocycles. The lowest BCUT2D eigenvalue weighted by molar-refractivity contribution is -0.154. The summed E-state index contributed by atoms with van der Waals surface area (Å²) >= 11 is 0. The number of nitrogens with zero attached hydrogens (tertiary/aromatic N) is 4. The summed E-state index contributed by atoms with van der Waals surface area (Å²) in [5.41, 5.74) is 0.963. The van der Waals surface area contributed by atoms with Gasteiger partial charge in [0.1, 0.15) is 11.9 Å². The van der Waals surface area contributed by atoms with E-state index < -0.39 is 18.2 Å². The van der Waals surface area contributed by atoms with Gasteiger partial charge in [0.05, 0.1) is 0 Å². The van der Waals surface area contributed by atoms with Crippen LogP contribution in [0.25, 0.3) is 11.4 Å². The number of hydrogen-bond acceptors (Lipinski definition) is 6. The third kappa shape index (κ3) is 3.82. The van der Waals surface area contributed by atoms with Crippen LogP contribution < -0.4 is 4.90 Å². The van der Waals surface area contributed by atoms with Crippen molar-refractivity contribution in [1.82, 2.24) is 14.9 Å². The number of rotatable bonds is 4. The van der Waals surface area contributed by atoms with Gasteiger partial charge in [-0.05, 0) is 18.9 Å². The molecule has 2 aliphatic rings. The van der Waals surface area contributed by atoms with Crippen LogP contribution in [0.2, 0.25) is 0 Å². The third-order valence-corrected chi connectivity index (χ3v) is 5.16. The van der Waals surface area contributed by atoms with Gasteiger partial charge in [-0.1, -0.05) is 30.3 Å². The van der Waals surface area contributed by atoms with Crippen molar-refractivity contribution >= 4 is 17.7 Å². The second kappa shape index (κ2) is 7.93. The Morgan fingerprint density at radius 1 is 1.00 bits per heavy atom. The van der Waals surface area contributed by atoms with Crippen LogP contribution in [0.4, 0.5) is 5.82 Å². The molecule has 0 radical (unpaired) electrons. The molecule has 0 aliphatic carbocycles. The first kappa shape index (κ1) is 18.4. The van der Waals surface area contributed by atoms with E-state index in [9.17, 15) is 9.59 Å². The molecule has 2 atom stereocenters. The summed E-state index contributed by atoms with van der Waals surface area (Å²) in [4.78, 5) is 36.5. The summed E-state index contributed by atoms with van der Waals surface area (Å²) in [7, 11) is 0. The van der Waals surface area contributed by atoms with E-state index in [1.807, 2.05) is 36.4 Å². The standard InChI is InChI=1S/C20H22N4O4/c25-19(15-6-7-16(28-15)20(26)27)24-12-10-23(11-13-24)17-8-9-21-18(22-17)14-4-2-1-3-5-14/h1-5,8-9,15-16H,6-7,10-13H2,(H,26,27)/t15-,16+/m1/s1. The smallest absolute Gasteiger partial charge is 0.332 e. The van der Waals surface area contributed by atoms with E-state index in [0.717, 1.165) is 11.4 Å². The molecular formula is C20H22N4O4. The molecule has 8 heteroatoms. The number of carbonyl (C=O) groups excluding carboxylic acids is 1. The van der Waals surface area contributed by atoms with Crippen molar-refractivity contribution in [2.45, 2.75) is 25.0 Å². The Morgan fingerprint density at radius 3 is 2.39 bits per heavy atom. The van der Waals surface area contributed by atoms with Gasteiger partial charge in [0.25, 0.3) is 5.91 Å². The molecule has 3 heterocycles. The minimum Gasteiger partial charge on any atom is -0.479 e. The molecule has 28 heavy (non-hydrogen) atoms. The fourth-order valence-corrected chi connectivity index (χ4v) is 3.61. The number of piperazine rings is 1. The quantitative estimate of drug-likeness (QED) is 0.854. The Labute approximate surface area is 162 Å². The van der Waals surface area contributed by atoms with Gasteiger partial charge >= 0.3 is 5.97 Å². The normalized spacial score (nSPS) is 22.3. The Hall–Kier alpha value is -3.00. The first-order chi connectivity index (χ1) is 13.6. The highest BCUT2D eigenvalue weighted by Gasteiger charge is 2.37. The summed E-state index contributed by atoms with van der Waals surface area (Å²) in [6.45, 7) is 2.43. The van der Waals surface area contributed by atoms with Gasteiger partial charge in [-0.2, -0.15) is 0 Å². The lowest BCUT2D eigenvalue weighted by Crippen LogP contribution is -2.51. The Kier molecular flexibility index (Phi) is 5.21. The average Bonchev–Trinajstić information content (AvgIpc) is 3.25. The number of benzene rings is 1. The zero-order valence-corrected chi connectivity index (χ0v) is 15.4. The molecule has 8 nitrogen and oxygen atoms in total. The van der Waals surface area contributed by atoms with Crippen LogP contribution in [0.3, 0.4) is 0 Å². The van der Waals surface area contributed by atoms with Crippen molar-refractivity contribution in [3.05, 3.63) is 42.6 Å². The van der Waals surface area contributed by atoms with E-state index in [1.54, 1.807) is 11.1 Å². The molecule has 1 aromatic carbocycles. The van der Waals surface area contributed by atoms with Crippen molar-refractivity contribution in [2.24, 2.45) is 0 Å². The van der Waals surface area contributed by atoms with Crippen LogP contribution in [-0.2, 0) is 14.3 Å². The number of carbonyl (C=O) groups is 2. The predicted molar refractivity (Wildman–Crippen MR) is 102 cm³/mol. The van der Waals surface area contributed by atoms with Gasteiger partial charge < -0.3 is 19.6 Å². The molecule has 2 aromatic rings. The number of ether oxygens (including phenoxy) is 1. The molecule has 0 unspecified atom stereocenters. The van der Waals surface area contributed by atoms with E-state index in [1.165, 1.54) is 0 Å². The number of hydrogen-bond donors (Lipinski definition) is 1. The largest absolute Gasteiger partial charge is 0.479 e. The number of anilines is 1. The topological polar surface area (TPSA) is 95.9 Å². The van der Waals surface area contributed by atoms with Gasteiger partial charge in [-0.15, -0.1) is 0 Å². The number of carboxylic acid groups (broad SMARTS) is 1. The van der Waals surface area contributed by atoms with E-state index in [-0.39, 0.29) is 5.91 Å². The highest BCUT2D eigenvalue weighted by atomic mass is 16.5. The lowest BCUT2D eigenvalue weighted by Gasteiger charge is -2.36. The van der Waals surface area contributed by atoms with Crippen LogP contribution in [0.5, 0.6) is 0 Å². The summed E-state index contributed by atoms with van der Waals surface area (Å²) in [5.74, 6) is 0.397. The minimum absolute atomic E-state index is 0.115. The molecule has 1 aromatic heterocycles. The maximum Gasteiger partial charge on any atom is 0.332 e. The highest BCUT2D eigenvalue weighted by Crippen LogP contribution is 2.23. The Balaban J connectivity index is 1.37. The zero-order chi connectivity index (χ0) is 19.5. The molecule has 0 spiro atoms. The number of amides is 1. The van der Waals surface area contributed by atoms with Gasteiger partial charge in [-0.3, -0.25) is 4.79 Å². The second-order valence-corrected chi connectivity index (χ2v) is 6.95. The van der Waals surface area contributed by atoms with Gasteiger partial charge in [0, 0.05) is 37.9 Å². The molecule has 146 valence electrons. The Morgan fingerprint density at radius 2 is 1.71 bits per heavy atom. The van der Waals surface area contributed by atoms with E-state index in [2.05, 4.69) is 14.9 Å². The van der Waals surface area contributed by atoms with Crippen LogP contribution in [0.15, 0.2) is 42.6 Å². The maximum atomic E-state index is 12.6. The van der Waals surface area contributed by atoms with Crippen LogP contribution in [0.1, 0.15) is 12.8 Å². The fraction of sp³-hybridized carbons (Fsp3) is 0.400. The van der Waals surface area contributed by atoms with Crippen molar-refractivity contribution < 1.29 is 19.4 Å². The third-order valence-electron chi connectivity index (χ3n) is 5.16. The van der Waals surface area contributed by atoms with Gasteiger partial charge in [-0.25, -0.2) is 14.8 Å². The summed E-state index contributed by atoms with van der Waals surface area (Å²) in [6.07, 6.45) is 1.08. The highest BCUT2D eigenvalue weighted by molar-refractivity contribution is 5.83. The van der Waals surface area contributed by atoms with E-state index in [0.29, 0.717) is 44.8 Å². The molecule has 1 amide bonds. The molecular weight excluding hydrogens is 360 g/mol. The first-order valence-corrected chi connectivity index (χ1v) is 9.42. The number of carboxylic acids is 1. The van der Waals surface area contributed by atoms with Crippen LogP contribution in [0, 0.1) is 0 Å². The van der Waals surface area contributed by atoms with Crippen molar-refractivity contribution in [2.75, 3.05) is 31.1 Å². The SMILES string of the molecule is O=C(O)[C@@H]1CC[C@H](C(=O)N2CCN(c3ccnc(-c4ccccc4)n3)CC2)O1. The van der Waals surface area contributed by atoms with Gasteiger partial charge in [0.2, 0.25) is 0 Å². The van der Waals surface area contributed by atoms with Crippen molar-refractivity contribution in [1.29, 1.82) is 0 Å². The zero-order valence-electron chi connectivity index (χ0n) is 15.4. The van der Waals surface area contributed by atoms with Crippen molar-refractivity contribution in [3.8, 4) is 11.4 Å². The van der Waals surface area contributed by atoms with E-state index >= 15 is 0 Å². The minimum atomic E-state index is -1.00. The van der Waals surface area contributed by atoms with Crippen LogP contribution in [-0.4, -0.2) is 70.2 Å². The summed E-state index contributed by atoms with van der Waals surface area (Å²) in [6, 6.07) is 11.7. The van der Waals surface area contributed by atoms with Crippen molar-refractivity contribution in [3.63, 3.8) is 0 Å². The van der Waals surface area contributed by atoms with Gasteiger partial charge in [0.15, 0.2) is 11.9 Å². The number of aromatic nitrogens is 2. The van der Waals surface area contributed by atoms with Crippen LogP contribution >= 0.6 is 0 Å².